The summed E-state index contributed by atoms with van der Waals surface area (Å²) >= 11 is 0. The number of likely N-dealkylation sites (tertiary alicyclic amines) is 1. The van der Waals surface area contributed by atoms with Gasteiger partial charge in [-0.1, -0.05) is 0 Å². The zero-order chi connectivity index (χ0) is 19.8. The zero-order valence-corrected chi connectivity index (χ0v) is 19.6. The number of nitrogens with zero attached hydrogens (tertiary/aromatic N) is 4. The molecule has 0 saturated carbocycles. The molecular weight excluding hydrogens is 485 g/mol. The van der Waals surface area contributed by atoms with Gasteiger partial charge in [0.15, 0.2) is 11.7 Å². The molecule has 1 amide bonds. The van der Waals surface area contributed by atoms with Crippen molar-refractivity contribution in [3.8, 4) is 0 Å². The van der Waals surface area contributed by atoms with Crippen LogP contribution < -0.4 is 5.32 Å². The third-order valence-corrected chi connectivity index (χ3v) is 5.38. The molecule has 2 aliphatic heterocycles. The molecule has 8 nitrogen and oxygen atoms in total. The van der Waals surface area contributed by atoms with E-state index in [-0.39, 0.29) is 36.0 Å². The van der Waals surface area contributed by atoms with Crippen molar-refractivity contribution in [3.63, 3.8) is 0 Å². The first-order chi connectivity index (χ1) is 13.7. The van der Waals surface area contributed by atoms with Gasteiger partial charge in [-0.2, -0.15) is 0 Å². The predicted molar refractivity (Wildman–Crippen MR) is 124 cm³/mol. The van der Waals surface area contributed by atoms with Crippen molar-refractivity contribution in [2.75, 3.05) is 58.9 Å². The molecule has 2 N–H and O–H groups in total. The van der Waals surface area contributed by atoms with E-state index in [0.717, 1.165) is 71.0 Å². The van der Waals surface area contributed by atoms with Crippen LogP contribution in [-0.4, -0.2) is 96.7 Å². The van der Waals surface area contributed by atoms with Crippen molar-refractivity contribution >= 4 is 35.8 Å². The molecule has 164 valence electrons. The summed E-state index contributed by atoms with van der Waals surface area (Å²) in [7, 11) is 0. The minimum Gasteiger partial charge on any atom is -0.459 e. The Morgan fingerprint density at radius 1 is 1.21 bits per heavy atom. The number of amides is 1. The highest BCUT2D eigenvalue weighted by Gasteiger charge is 2.25. The van der Waals surface area contributed by atoms with Crippen LogP contribution in [0.1, 0.15) is 36.7 Å². The summed E-state index contributed by atoms with van der Waals surface area (Å²) < 4.78 is 5.22. The number of aliphatic imine (C=N–C) groups is 1. The number of piperazine rings is 1. The highest BCUT2D eigenvalue weighted by molar-refractivity contribution is 14.0. The van der Waals surface area contributed by atoms with Gasteiger partial charge in [0.05, 0.1) is 12.4 Å². The fourth-order valence-corrected chi connectivity index (χ4v) is 3.73. The average Bonchev–Trinajstić information content (AvgIpc) is 3.26. The molecule has 2 saturated heterocycles. The summed E-state index contributed by atoms with van der Waals surface area (Å²) in [5.41, 5.74) is 0. The molecule has 1 aromatic heterocycles. The Labute approximate surface area is 190 Å². The van der Waals surface area contributed by atoms with Gasteiger partial charge in [-0.15, -0.1) is 24.0 Å². The quantitative estimate of drug-likeness (QED) is 0.257. The Morgan fingerprint density at radius 3 is 2.52 bits per heavy atom. The monoisotopic (exact) mass is 519 g/mol. The first-order valence-electron chi connectivity index (χ1n) is 10.4. The number of hydrogen-bond acceptors (Lipinski definition) is 5. The number of aliphatic hydroxyl groups is 1. The van der Waals surface area contributed by atoms with E-state index in [1.807, 2.05) is 4.90 Å². The van der Waals surface area contributed by atoms with Gasteiger partial charge in [0.25, 0.3) is 5.91 Å². The van der Waals surface area contributed by atoms with Crippen molar-refractivity contribution in [1.82, 2.24) is 20.0 Å². The molecule has 0 aliphatic carbocycles. The molecule has 3 heterocycles. The number of guanidine groups is 1. The minimum atomic E-state index is -0.118. The summed E-state index contributed by atoms with van der Waals surface area (Å²) in [6.45, 7) is 9.55. The van der Waals surface area contributed by atoms with Gasteiger partial charge in [0.1, 0.15) is 0 Å². The highest BCUT2D eigenvalue weighted by atomic mass is 127. The van der Waals surface area contributed by atoms with Crippen LogP contribution in [0.4, 0.5) is 0 Å². The van der Waals surface area contributed by atoms with Crippen molar-refractivity contribution in [1.29, 1.82) is 0 Å². The van der Waals surface area contributed by atoms with Crippen LogP contribution in [0.15, 0.2) is 27.8 Å². The summed E-state index contributed by atoms with van der Waals surface area (Å²) in [6, 6.07) is 3.45. The van der Waals surface area contributed by atoms with Crippen LogP contribution in [0.2, 0.25) is 0 Å². The van der Waals surface area contributed by atoms with E-state index in [9.17, 15) is 9.90 Å². The fourth-order valence-electron chi connectivity index (χ4n) is 3.73. The van der Waals surface area contributed by atoms with Crippen LogP contribution in [0.3, 0.4) is 0 Å². The molecule has 29 heavy (non-hydrogen) atoms. The van der Waals surface area contributed by atoms with Crippen molar-refractivity contribution < 1.29 is 14.3 Å². The van der Waals surface area contributed by atoms with Crippen molar-refractivity contribution in [2.24, 2.45) is 4.99 Å². The maximum Gasteiger partial charge on any atom is 0.289 e. The number of carbonyl (C=O) groups is 1. The molecule has 2 aliphatic rings. The molecule has 0 aromatic carbocycles. The third-order valence-electron chi connectivity index (χ3n) is 5.38. The number of hydrogen-bond donors (Lipinski definition) is 2. The van der Waals surface area contributed by atoms with Gasteiger partial charge in [0.2, 0.25) is 0 Å². The molecular formula is C20H34IN5O3. The van der Waals surface area contributed by atoms with Gasteiger partial charge >= 0.3 is 0 Å². The number of rotatable bonds is 6. The second-order valence-corrected chi connectivity index (χ2v) is 7.42. The number of aliphatic hydroxyl groups excluding tert-OH is 1. The standard InChI is InChI=1S/C20H33N5O3.HI/c1-2-21-20(22-8-4-9-23-10-6-17(26)7-11-23)25-14-12-24(13-15-25)19(27)18-5-3-16-28-18;/h3,5,16-17,26H,2,4,6-15H2,1H3,(H,21,22);1H. The fraction of sp³-hybridized carbons (Fsp3) is 0.700. The molecule has 0 spiro atoms. The Bertz CT molecular complexity index is 624. The second kappa shape index (κ2) is 12.4. The first kappa shape index (κ1) is 23.9. The molecule has 0 bridgehead atoms. The highest BCUT2D eigenvalue weighted by Crippen LogP contribution is 2.11. The van der Waals surface area contributed by atoms with Crippen LogP contribution in [0.25, 0.3) is 0 Å². The number of furan rings is 1. The topological polar surface area (TPSA) is 84.5 Å². The summed E-state index contributed by atoms with van der Waals surface area (Å²) in [5.74, 6) is 1.29. The van der Waals surface area contributed by atoms with E-state index in [2.05, 4.69) is 22.0 Å². The molecule has 9 heteroatoms. The lowest BCUT2D eigenvalue weighted by Crippen LogP contribution is -2.53. The van der Waals surface area contributed by atoms with Crippen LogP contribution in [0.5, 0.6) is 0 Å². The van der Waals surface area contributed by atoms with Gasteiger partial charge in [-0.3, -0.25) is 9.79 Å². The van der Waals surface area contributed by atoms with E-state index >= 15 is 0 Å². The van der Waals surface area contributed by atoms with E-state index < -0.39 is 0 Å². The van der Waals surface area contributed by atoms with Crippen LogP contribution >= 0.6 is 24.0 Å². The lowest BCUT2D eigenvalue weighted by atomic mass is 10.1. The Morgan fingerprint density at radius 2 is 1.90 bits per heavy atom. The molecule has 3 rings (SSSR count). The number of piperidine rings is 1. The van der Waals surface area contributed by atoms with Crippen molar-refractivity contribution in [2.45, 2.75) is 32.3 Å². The average molecular weight is 519 g/mol. The second-order valence-electron chi connectivity index (χ2n) is 7.42. The van der Waals surface area contributed by atoms with Gasteiger partial charge < -0.3 is 29.5 Å². The lowest BCUT2D eigenvalue weighted by Gasteiger charge is -2.36. The number of halogens is 1. The predicted octanol–water partition coefficient (Wildman–Crippen LogP) is 1.47. The zero-order valence-electron chi connectivity index (χ0n) is 17.3. The Kier molecular flexibility index (Phi) is 10.2. The molecule has 0 atom stereocenters. The number of carbonyl (C=O) groups excluding carboxylic acids is 1. The van der Waals surface area contributed by atoms with Gasteiger partial charge in [-0.25, -0.2) is 0 Å². The third kappa shape index (κ3) is 7.14. The molecule has 2 fully saturated rings. The van der Waals surface area contributed by atoms with Crippen LogP contribution in [-0.2, 0) is 0 Å². The smallest absolute Gasteiger partial charge is 0.289 e. The summed E-state index contributed by atoms with van der Waals surface area (Å²) in [4.78, 5) is 23.7. The summed E-state index contributed by atoms with van der Waals surface area (Å²) in [6.07, 6.45) is 4.20. The lowest BCUT2D eigenvalue weighted by molar-refractivity contribution is 0.0657. The van der Waals surface area contributed by atoms with Crippen molar-refractivity contribution in [3.05, 3.63) is 24.2 Å². The Balaban J connectivity index is 0.00000300. The Hall–Kier alpha value is -1.33. The largest absolute Gasteiger partial charge is 0.459 e. The maximum absolute atomic E-state index is 12.4. The minimum absolute atomic E-state index is 0. The van der Waals surface area contributed by atoms with Gasteiger partial charge in [-0.05, 0) is 44.9 Å². The molecule has 0 unspecified atom stereocenters. The molecule has 1 aromatic rings. The molecule has 0 radical (unpaired) electrons. The number of nitrogens with one attached hydrogen (secondary N) is 1. The SMILES string of the molecule is CCNC(=NCCCN1CCC(O)CC1)N1CCN(C(=O)c2ccco2)CC1.I. The van der Waals surface area contributed by atoms with Gasteiger partial charge in [0, 0.05) is 52.4 Å². The summed E-state index contributed by atoms with van der Waals surface area (Å²) in [5, 5.41) is 13.0. The van der Waals surface area contributed by atoms with E-state index in [1.165, 1.54) is 6.26 Å². The van der Waals surface area contributed by atoms with E-state index in [1.54, 1.807) is 12.1 Å². The van der Waals surface area contributed by atoms with E-state index in [4.69, 9.17) is 9.41 Å². The van der Waals surface area contributed by atoms with E-state index in [0.29, 0.717) is 18.8 Å². The normalized spacial score (nSPS) is 19.2. The van der Waals surface area contributed by atoms with Crippen LogP contribution in [0, 0.1) is 0 Å². The maximum atomic E-state index is 12.4. The first-order valence-corrected chi connectivity index (χ1v) is 10.4.